The fourth-order valence-corrected chi connectivity index (χ4v) is 4.60. The third-order valence-electron chi connectivity index (χ3n) is 6.63. The van der Waals surface area contributed by atoms with Gasteiger partial charge in [0.15, 0.2) is 18.2 Å². The summed E-state index contributed by atoms with van der Waals surface area (Å²) in [6.07, 6.45) is 4.46. The normalized spacial score (nSPS) is 14.3. The number of hydrogen-bond acceptors (Lipinski definition) is 3. The van der Waals surface area contributed by atoms with Crippen molar-refractivity contribution in [2.75, 3.05) is 6.61 Å². The van der Waals surface area contributed by atoms with Crippen molar-refractivity contribution < 1.29 is 18.7 Å². The first-order valence-corrected chi connectivity index (χ1v) is 12.6. The molecule has 0 radical (unpaired) electrons. The molecule has 0 saturated heterocycles. The highest BCUT2D eigenvalue weighted by molar-refractivity contribution is 5.88. The van der Waals surface area contributed by atoms with Crippen molar-refractivity contribution in [3.63, 3.8) is 0 Å². The first-order chi connectivity index (χ1) is 17.5. The van der Waals surface area contributed by atoms with Crippen LogP contribution < -0.4 is 10.1 Å². The molecule has 2 amide bonds. The standard InChI is InChI=1S/C30H33FN2O3/c1-22-15-17-24(18-16-22)20-33(29(34)21-36-28-14-8-7-13-26(28)31)27(19-23-9-3-2-4-10-23)30(35)32-25-11-5-6-12-25/h2-4,7-10,13-18,25,27H,5-6,11-12,19-21H2,1H3,(H,32,35). The predicted octanol–water partition coefficient (Wildman–Crippen LogP) is 5.21. The summed E-state index contributed by atoms with van der Waals surface area (Å²) in [6, 6.07) is 23.0. The van der Waals surface area contributed by atoms with Gasteiger partial charge in [0.05, 0.1) is 0 Å². The Morgan fingerprint density at radius 1 is 0.944 bits per heavy atom. The van der Waals surface area contributed by atoms with Gasteiger partial charge in [-0.3, -0.25) is 9.59 Å². The lowest BCUT2D eigenvalue weighted by molar-refractivity contribution is -0.143. The van der Waals surface area contributed by atoms with Crippen LogP contribution in [0, 0.1) is 12.7 Å². The molecule has 1 N–H and O–H groups in total. The Balaban J connectivity index is 1.61. The minimum absolute atomic E-state index is 0.0103. The molecule has 1 unspecified atom stereocenters. The maximum atomic E-state index is 14.1. The second-order valence-corrected chi connectivity index (χ2v) is 9.42. The summed E-state index contributed by atoms with van der Waals surface area (Å²) >= 11 is 0. The van der Waals surface area contributed by atoms with Crippen LogP contribution >= 0.6 is 0 Å². The van der Waals surface area contributed by atoms with E-state index in [-0.39, 0.29) is 36.8 Å². The molecule has 0 aromatic heterocycles. The Kier molecular flexibility index (Phi) is 8.71. The average molecular weight is 489 g/mol. The van der Waals surface area contributed by atoms with Crippen LogP contribution in [0.1, 0.15) is 42.4 Å². The summed E-state index contributed by atoms with van der Waals surface area (Å²) in [4.78, 5) is 28.8. The summed E-state index contributed by atoms with van der Waals surface area (Å²) in [7, 11) is 0. The number of para-hydroxylation sites is 1. The number of ether oxygens (including phenoxy) is 1. The van der Waals surface area contributed by atoms with Gasteiger partial charge >= 0.3 is 0 Å². The van der Waals surface area contributed by atoms with Crippen molar-refractivity contribution in [3.05, 3.63) is 101 Å². The third-order valence-corrected chi connectivity index (χ3v) is 6.63. The van der Waals surface area contributed by atoms with Crippen molar-refractivity contribution in [1.29, 1.82) is 0 Å². The molecular weight excluding hydrogens is 455 g/mol. The number of carbonyl (C=O) groups excluding carboxylic acids is 2. The van der Waals surface area contributed by atoms with E-state index < -0.39 is 11.9 Å². The predicted molar refractivity (Wildman–Crippen MR) is 138 cm³/mol. The number of nitrogens with zero attached hydrogens (tertiary/aromatic N) is 1. The van der Waals surface area contributed by atoms with Gasteiger partial charge in [0.25, 0.3) is 5.91 Å². The lowest BCUT2D eigenvalue weighted by atomic mass is 10.0. The summed E-state index contributed by atoms with van der Waals surface area (Å²) in [6.45, 7) is 1.88. The van der Waals surface area contributed by atoms with Crippen LogP contribution in [0.5, 0.6) is 5.75 Å². The van der Waals surface area contributed by atoms with Crippen molar-refractivity contribution >= 4 is 11.8 Å². The molecule has 6 heteroatoms. The van der Waals surface area contributed by atoms with Crippen LogP contribution in [0.3, 0.4) is 0 Å². The molecule has 1 fully saturated rings. The van der Waals surface area contributed by atoms with Gasteiger partial charge in [-0.1, -0.05) is 85.1 Å². The fraction of sp³-hybridized carbons (Fsp3) is 0.333. The molecule has 1 saturated carbocycles. The van der Waals surface area contributed by atoms with Crippen LogP contribution in [0.4, 0.5) is 4.39 Å². The minimum Gasteiger partial charge on any atom is -0.481 e. The maximum absolute atomic E-state index is 14.1. The number of nitrogens with one attached hydrogen (secondary N) is 1. The lowest BCUT2D eigenvalue weighted by Crippen LogP contribution is -2.53. The van der Waals surface area contributed by atoms with Crippen molar-refractivity contribution in [3.8, 4) is 5.75 Å². The van der Waals surface area contributed by atoms with Gasteiger partial charge in [-0.05, 0) is 43.0 Å². The molecule has 36 heavy (non-hydrogen) atoms. The number of amides is 2. The number of carbonyl (C=O) groups is 2. The number of aryl methyl sites for hydroxylation is 1. The van der Waals surface area contributed by atoms with E-state index in [9.17, 15) is 14.0 Å². The highest BCUT2D eigenvalue weighted by atomic mass is 19.1. The molecule has 0 spiro atoms. The molecule has 0 bridgehead atoms. The van der Waals surface area contributed by atoms with Crippen LogP contribution in [-0.2, 0) is 22.6 Å². The lowest BCUT2D eigenvalue weighted by Gasteiger charge is -2.32. The van der Waals surface area contributed by atoms with Crippen LogP contribution in [-0.4, -0.2) is 35.4 Å². The van der Waals surface area contributed by atoms with Crippen molar-refractivity contribution in [1.82, 2.24) is 10.2 Å². The van der Waals surface area contributed by atoms with E-state index in [0.29, 0.717) is 6.42 Å². The highest BCUT2D eigenvalue weighted by Crippen LogP contribution is 2.21. The molecule has 1 atom stereocenters. The molecular formula is C30H33FN2O3. The first kappa shape index (κ1) is 25.4. The second kappa shape index (κ2) is 12.3. The molecule has 4 rings (SSSR count). The quantitative estimate of drug-likeness (QED) is 0.426. The first-order valence-electron chi connectivity index (χ1n) is 12.6. The molecule has 0 aliphatic heterocycles. The van der Waals surface area contributed by atoms with Crippen LogP contribution in [0.15, 0.2) is 78.9 Å². The van der Waals surface area contributed by atoms with Gasteiger partial charge in [-0.2, -0.15) is 0 Å². The molecule has 5 nitrogen and oxygen atoms in total. The third kappa shape index (κ3) is 6.94. The Morgan fingerprint density at radius 3 is 2.31 bits per heavy atom. The highest BCUT2D eigenvalue weighted by Gasteiger charge is 2.32. The molecule has 0 heterocycles. The smallest absolute Gasteiger partial charge is 0.261 e. The van der Waals surface area contributed by atoms with Gasteiger partial charge in [0.2, 0.25) is 5.91 Å². The van der Waals surface area contributed by atoms with Crippen LogP contribution in [0.25, 0.3) is 0 Å². The van der Waals surface area contributed by atoms with Gasteiger partial charge in [-0.25, -0.2) is 4.39 Å². The molecule has 188 valence electrons. The maximum Gasteiger partial charge on any atom is 0.261 e. The fourth-order valence-electron chi connectivity index (χ4n) is 4.60. The van der Waals surface area contributed by atoms with E-state index in [1.807, 2.05) is 61.5 Å². The number of rotatable bonds is 10. The largest absolute Gasteiger partial charge is 0.481 e. The van der Waals surface area contributed by atoms with E-state index in [4.69, 9.17) is 4.74 Å². The van der Waals surface area contributed by atoms with Gasteiger partial charge in [0.1, 0.15) is 6.04 Å². The van der Waals surface area contributed by atoms with E-state index in [1.165, 1.54) is 12.1 Å². The Labute approximate surface area is 212 Å². The number of hydrogen-bond donors (Lipinski definition) is 1. The Morgan fingerprint density at radius 2 is 1.61 bits per heavy atom. The Bertz CT molecular complexity index is 1140. The molecule has 3 aromatic carbocycles. The average Bonchev–Trinajstić information content (AvgIpc) is 3.40. The summed E-state index contributed by atoms with van der Waals surface area (Å²) in [5.41, 5.74) is 2.98. The van der Waals surface area contributed by atoms with Gasteiger partial charge in [-0.15, -0.1) is 0 Å². The van der Waals surface area contributed by atoms with Crippen LogP contribution in [0.2, 0.25) is 0 Å². The van der Waals surface area contributed by atoms with Gasteiger partial charge in [0, 0.05) is 19.0 Å². The van der Waals surface area contributed by atoms with E-state index >= 15 is 0 Å². The Hall–Kier alpha value is -3.67. The SMILES string of the molecule is Cc1ccc(CN(C(=O)COc2ccccc2F)C(Cc2ccccc2)C(=O)NC2CCCC2)cc1. The molecule has 3 aromatic rings. The molecule has 1 aliphatic rings. The monoisotopic (exact) mass is 488 g/mol. The van der Waals surface area contributed by atoms with Crippen molar-refractivity contribution in [2.24, 2.45) is 0 Å². The van der Waals surface area contributed by atoms with Crippen molar-refractivity contribution in [2.45, 2.75) is 57.7 Å². The summed E-state index contributed by atoms with van der Waals surface area (Å²) in [5.74, 6) is -1.07. The van der Waals surface area contributed by atoms with E-state index in [0.717, 1.165) is 42.4 Å². The minimum atomic E-state index is -0.731. The van der Waals surface area contributed by atoms with E-state index in [2.05, 4.69) is 5.32 Å². The van der Waals surface area contributed by atoms with E-state index in [1.54, 1.807) is 17.0 Å². The number of halogens is 1. The van der Waals surface area contributed by atoms with Gasteiger partial charge < -0.3 is 15.0 Å². The topological polar surface area (TPSA) is 58.6 Å². The zero-order chi connectivity index (χ0) is 25.3. The molecule has 1 aliphatic carbocycles. The zero-order valence-corrected chi connectivity index (χ0v) is 20.7. The summed E-state index contributed by atoms with van der Waals surface area (Å²) < 4.78 is 19.7. The second-order valence-electron chi connectivity index (χ2n) is 9.42. The zero-order valence-electron chi connectivity index (χ0n) is 20.7. The number of benzene rings is 3. The summed E-state index contributed by atoms with van der Waals surface area (Å²) in [5, 5.41) is 3.18.